The summed E-state index contributed by atoms with van der Waals surface area (Å²) in [5.41, 5.74) is 6.34. The summed E-state index contributed by atoms with van der Waals surface area (Å²) in [6.45, 7) is 8.84. The van der Waals surface area contributed by atoms with Crippen LogP contribution in [0.2, 0.25) is 0 Å². The largest absolute Gasteiger partial charge is 0.326 e. The quantitative estimate of drug-likeness (QED) is 0.888. The summed E-state index contributed by atoms with van der Waals surface area (Å²) >= 11 is 5.29. The number of hydrogen-bond acceptors (Lipinski definition) is 3. The van der Waals surface area contributed by atoms with Gasteiger partial charge in [-0.1, -0.05) is 6.92 Å². The molecule has 1 aromatic rings. The van der Waals surface area contributed by atoms with Crippen molar-refractivity contribution < 1.29 is 0 Å². The van der Waals surface area contributed by atoms with Gasteiger partial charge in [-0.15, -0.1) is 11.3 Å². The summed E-state index contributed by atoms with van der Waals surface area (Å²) in [5.74, 6) is 0. The van der Waals surface area contributed by atoms with Crippen LogP contribution in [0, 0.1) is 0 Å². The molecule has 1 heterocycles. The third-order valence-corrected chi connectivity index (χ3v) is 5.38. The molecule has 1 rings (SSSR count). The fourth-order valence-electron chi connectivity index (χ4n) is 1.91. The number of rotatable bonds is 5. The zero-order valence-electron chi connectivity index (χ0n) is 11.3. The summed E-state index contributed by atoms with van der Waals surface area (Å²) in [6.07, 6.45) is 1.11. The Morgan fingerprint density at radius 3 is 2.47 bits per heavy atom. The molecule has 0 aliphatic heterocycles. The Bertz CT molecular complexity index is 360. The minimum atomic E-state index is 0.122. The van der Waals surface area contributed by atoms with Gasteiger partial charge < -0.3 is 5.73 Å². The predicted octanol–water partition coefficient (Wildman–Crippen LogP) is 4.02. The lowest BCUT2D eigenvalue weighted by Crippen LogP contribution is -2.47. The van der Waals surface area contributed by atoms with E-state index in [1.165, 1.54) is 4.88 Å². The monoisotopic (exact) mass is 318 g/mol. The Labute approximate surface area is 117 Å². The second-order valence-electron chi connectivity index (χ2n) is 5.25. The Kier molecular flexibility index (Phi) is 5.20. The molecule has 4 heteroatoms. The van der Waals surface area contributed by atoms with Gasteiger partial charge in [-0.2, -0.15) is 0 Å². The third kappa shape index (κ3) is 3.53. The fourth-order valence-corrected chi connectivity index (χ4v) is 3.61. The van der Waals surface area contributed by atoms with Crippen LogP contribution >= 0.6 is 27.3 Å². The van der Waals surface area contributed by atoms with Crippen molar-refractivity contribution in [3.63, 3.8) is 0 Å². The van der Waals surface area contributed by atoms with Crippen molar-refractivity contribution in [2.24, 2.45) is 5.73 Å². The zero-order chi connectivity index (χ0) is 13.2. The van der Waals surface area contributed by atoms with Crippen molar-refractivity contribution in [1.82, 2.24) is 4.90 Å². The molecule has 0 amide bonds. The molecule has 2 atom stereocenters. The van der Waals surface area contributed by atoms with E-state index in [-0.39, 0.29) is 17.6 Å². The van der Waals surface area contributed by atoms with Gasteiger partial charge in [-0.25, -0.2) is 0 Å². The molecule has 98 valence electrons. The van der Waals surface area contributed by atoms with Crippen LogP contribution in [-0.4, -0.2) is 23.5 Å². The second kappa shape index (κ2) is 5.83. The maximum atomic E-state index is 6.18. The molecular weight excluding hydrogens is 296 g/mol. The standard InChI is InChI=1S/C13H23BrN2S/c1-6-13(3,4)16(5)12(9(2)15)11-7-10(14)8-17-11/h7-9,12H,6,15H2,1-5H3. The van der Waals surface area contributed by atoms with E-state index in [1.807, 2.05) is 0 Å². The van der Waals surface area contributed by atoms with Crippen molar-refractivity contribution in [1.29, 1.82) is 0 Å². The molecule has 0 bridgehead atoms. The summed E-state index contributed by atoms with van der Waals surface area (Å²) in [4.78, 5) is 3.73. The van der Waals surface area contributed by atoms with Gasteiger partial charge in [-0.3, -0.25) is 4.90 Å². The van der Waals surface area contributed by atoms with Crippen LogP contribution in [0.25, 0.3) is 0 Å². The molecule has 2 nitrogen and oxygen atoms in total. The van der Waals surface area contributed by atoms with Crippen LogP contribution in [0.15, 0.2) is 15.9 Å². The first-order valence-corrected chi connectivity index (χ1v) is 7.69. The van der Waals surface area contributed by atoms with Crippen molar-refractivity contribution in [2.45, 2.75) is 51.7 Å². The first-order valence-electron chi connectivity index (χ1n) is 6.02. The fraction of sp³-hybridized carbons (Fsp3) is 0.692. The zero-order valence-corrected chi connectivity index (χ0v) is 13.7. The Hall–Kier alpha value is 0.1000. The number of nitrogens with zero attached hydrogens (tertiary/aromatic N) is 1. The van der Waals surface area contributed by atoms with Gasteiger partial charge in [0.05, 0.1) is 6.04 Å². The molecule has 1 aromatic heterocycles. The van der Waals surface area contributed by atoms with E-state index in [0.717, 1.165) is 10.9 Å². The third-order valence-electron chi connectivity index (χ3n) is 3.61. The van der Waals surface area contributed by atoms with E-state index >= 15 is 0 Å². The van der Waals surface area contributed by atoms with Crippen LogP contribution in [0.3, 0.4) is 0 Å². The topological polar surface area (TPSA) is 29.3 Å². The van der Waals surface area contributed by atoms with Crippen LogP contribution in [-0.2, 0) is 0 Å². The first-order chi connectivity index (χ1) is 7.79. The van der Waals surface area contributed by atoms with E-state index in [0.29, 0.717) is 0 Å². The van der Waals surface area contributed by atoms with Crippen molar-refractivity contribution >= 4 is 27.3 Å². The normalized spacial score (nSPS) is 16.2. The second-order valence-corrected chi connectivity index (χ2v) is 7.11. The highest BCUT2D eigenvalue weighted by Gasteiger charge is 2.31. The first kappa shape index (κ1) is 15.2. The van der Waals surface area contributed by atoms with E-state index in [9.17, 15) is 0 Å². The van der Waals surface area contributed by atoms with Crippen molar-refractivity contribution in [3.8, 4) is 0 Å². The smallest absolute Gasteiger partial charge is 0.0593 e. The van der Waals surface area contributed by atoms with E-state index < -0.39 is 0 Å². The number of hydrogen-bond donors (Lipinski definition) is 1. The van der Waals surface area contributed by atoms with E-state index in [2.05, 4.69) is 67.0 Å². The molecule has 2 unspecified atom stereocenters. The maximum absolute atomic E-state index is 6.18. The molecule has 0 spiro atoms. The summed E-state index contributed by atoms with van der Waals surface area (Å²) in [6, 6.07) is 2.58. The number of halogens is 1. The van der Waals surface area contributed by atoms with Crippen LogP contribution in [0.4, 0.5) is 0 Å². The molecule has 0 aliphatic carbocycles. The van der Waals surface area contributed by atoms with Gasteiger partial charge in [0.15, 0.2) is 0 Å². The Morgan fingerprint density at radius 1 is 1.53 bits per heavy atom. The van der Waals surface area contributed by atoms with Crippen LogP contribution in [0.1, 0.15) is 45.0 Å². The molecule has 0 aromatic carbocycles. The van der Waals surface area contributed by atoms with Crippen LogP contribution in [0.5, 0.6) is 0 Å². The predicted molar refractivity (Wildman–Crippen MR) is 80.5 cm³/mol. The molecule has 0 radical (unpaired) electrons. The molecule has 0 aliphatic rings. The highest BCUT2D eigenvalue weighted by Crippen LogP contribution is 2.35. The van der Waals surface area contributed by atoms with E-state index in [1.54, 1.807) is 11.3 Å². The van der Waals surface area contributed by atoms with Gasteiger partial charge in [0.1, 0.15) is 0 Å². The summed E-state index contributed by atoms with van der Waals surface area (Å²) in [7, 11) is 2.17. The molecular formula is C13H23BrN2S. The number of thiophene rings is 1. The van der Waals surface area contributed by atoms with Gasteiger partial charge >= 0.3 is 0 Å². The van der Waals surface area contributed by atoms with Gasteiger partial charge in [0.25, 0.3) is 0 Å². The molecule has 17 heavy (non-hydrogen) atoms. The SMILES string of the molecule is CCC(C)(C)N(C)C(c1cc(Br)cs1)C(C)N. The summed E-state index contributed by atoms with van der Waals surface area (Å²) < 4.78 is 1.14. The highest BCUT2D eigenvalue weighted by atomic mass is 79.9. The van der Waals surface area contributed by atoms with Crippen molar-refractivity contribution in [3.05, 3.63) is 20.8 Å². The van der Waals surface area contributed by atoms with Gasteiger partial charge in [-0.05, 0) is 56.2 Å². The summed E-state index contributed by atoms with van der Waals surface area (Å²) in [5, 5.41) is 2.12. The Morgan fingerprint density at radius 2 is 2.12 bits per heavy atom. The van der Waals surface area contributed by atoms with E-state index in [4.69, 9.17) is 5.73 Å². The minimum Gasteiger partial charge on any atom is -0.326 e. The molecule has 0 fully saturated rings. The van der Waals surface area contributed by atoms with Crippen molar-refractivity contribution in [2.75, 3.05) is 7.05 Å². The van der Waals surface area contributed by atoms with Gasteiger partial charge in [0, 0.05) is 26.3 Å². The number of nitrogens with two attached hydrogens (primary N) is 1. The lowest BCUT2D eigenvalue weighted by Gasteiger charge is -2.42. The molecule has 2 N–H and O–H groups in total. The molecule has 0 saturated heterocycles. The van der Waals surface area contributed by atoms with Gasteiger partial charge in [0.2, 0.25) is 0 Å². The number of likely N-dealkylation sites (N-methyl/N-ethyl adjacent to an activating group) is 1. The van der Waals surface area contributed by atoms with Crippen LogP contribution < -0.4 is 5.73 Å². The molecule has 0 saturated carbocycles. The minimum absolute atomic E-state index is 0.122. The average Bonchev–Trinajstić information content (AvgIpc) is 2.64. The lowest BCUT2D eigenvalue weighted by molar-refractivity contribution is 0.0866. The highest BCUT2D eigenvalue weighted by molar-refractivity contribution is 9.10. The maximum Gasteiger partial charge on any atom is 0.0593 e. The lowest BCUT2D eigenvalue weighted by atomic mass is 9.95. The average molecular weight is 319 g/mol. The Balaban J connectivity index is 3.02.